The van der Waals surface area contributed by atoms with Crippen molar-refractivity contribution in [3.8, 4) is 0 Å². The summed E-state index contributed by atoms with van der Waals surface area (Å²) in [6.07, 6.45) is 63.4. The zero-order chi connectivity index (χ0) is 45.8. The van der Waals surface area contributed by atoms with Crippen LogP contribution in [0, 0.1) is 0 Å². The molecule has 0 bridgehead atoms. The van der Waals surface area contributed by atoms with Crippen LogP contribution in [0.15, 0.2) is 60.8 Å². The zero-order valence-corrected chi connectivity index (χ0v) is 41.6. The minimum Gasteiger partial charge on any atom is -0.462 e. The maximum atomic E-state index is 12.8. The quantitative estimate of drug-likeness (QED) is 0.0262. The molecule has 0 aromatic heterocycles. The molecule has 0 radical (unpaired) electrons. The van der Waals surface area contributed by atoms with Gasteiger partial charge in [-0.3, -0.25) is 14.4 Å². The molecule has 0 unspecified atom stereocenters. The van der Waals surface area contributed by atoms with Crippen LogP contribution in [-0.4, -0.2) is 37.2 Å². The molecule has 0 aromatic rings. The molecule has 6 heteroatoms. The summed E-state index contributed by atoms with van der Waals surface area (Å²) in [4.78, 5) is 38.0. The average molecular weight is 881 g/mol. The van der Waals surface area contributed by atoms with Crippen LogP contribution in [-0.2, 0) is 28.6 Å². The average Bonchev–Trinajstić information content (AvgIpc) is 3.28. The highest BCUT2D eigenvalue weighted by atomic mass is 16.6. The van der Waals surface area contributed by atoms with Crippen LogP contribution in [0.25, 0.3) is 0 Å². The lowest BCUT2D eigenvalue weighted by atomic mass is 10.1. The van der Waals surface area contributed by atoms with Crippen molar-refractivity contribution in [2.75, 3.05) is 13.2 Å². The molecule has 0 atom stereocenters. The third kappa shape index (κ3) is 50.0. The Bertz CT molecular complexity index is 1080. The van der Waals surface area contributed by atoms with Crippen molar-refractivity contribution in [2.45, 2.75) is 271 Å². The molecule has 0 N–H and O–H groups in total. The van der Waals surface area contributed by atoms with E-state index in [1.807, 2.05) is 0 Å². The number of hydrogen-bond acceptors (Lipinski definition) is 6. The van der Waals surface area contributed by atoms with Crippen LogP contribution in [0.3, 0.4) is 0 Å². The first-order valence-corrected chi connectivity index (χ1v) is 26.8. The summed E-state index contributed by atoms with van der Waals surface area (Å²) in [5.74, 6) is -0.904. The maximum Gasteiger partial charge on any atom is 0.306 e. The molecule has 364 valence electrons. The van der Waals surface area contributed by atoms with Crippen molar-refractivity contribution >= 4 is 17.9 Å². The fourth-order valence-electron chi connectivity index (χ4n) is 7.37. The minimum atomic E-state index is -0.784. The summed E-state index contributed by atoms with van der Waals surface area (Å²) < 4.78 is 16.8. The number of carbonyl (C=O) groups is 3. The summed E-state index contributed by atoms with van der Waals surface area (Å²) in [5, 5.41) is 0. The fourth-order valence-corrected chi connectivity index (χ4v) is 7.37. The molecule has 0 amide bonds. The molecule has 0 spiro atoms. The van der Waals surface area contributed by atoms with E-state index < -0.39 is 6.10 Å². The molecular weight excluding hydrogens is 781 g/mol. The maximum absolute atomic E-state index is 12.8. The Morgan fingerprint density at radius 3 is 0.937 bits per heavy atom. The standard InChI is InChI=1S/C57H100O6/c1-4-7-10-13-16-19-22-24-26-28-30-32-35-37-40-43-46-49-55(58)61-52-54(63-57(60)51-48-45-42-39-34-21-18-15-12-9-6-3)53-62-56(59)50-47-44-41-38-36-33-31-29-27-25-23-20-17-14-11-8-5-2/h15-20,24-27,54H,4-14,21-23,28-53H2,1-3H3/b18-15-,19-16-,20-17-,26-24-,27-25-. The van der Waals surface area contributed by atoms with Crippen molar-refractivity contribution in [1.82, 2.24) is 0 Å². The molecule has 0 aliphatic heterocycles. The normalized spacial score (nSPS) is 12.1. The molecule has 6 nitrogen and oxygen atoms in total. The van der Waals surface area contributed by atoms with Crippen molar-refractivity contribution in [3.63, 3.8) is 0 Å². The second-order valence-electron chi connectivity index (χ2n) is 17.8. The summed E-state index contributed by atoms with van der Waals surface area (Å²) in [6.45, 7) is 6.54. The molecule has 0 saturated heterocycles. The van der Waals surface area contributed by atoms with Crippen molar-refractivity contribution in [1.29, 1.82) is 0 Å². The predicted molar refractivity (Wildman–Crippen MR) is 270 cm³/mol. The Morgan fingerprint density at radius 1 is 0.317 bits per heavy atom. The number of esters is 3. The van der Waals surface area contributed by atoms with Gasteiger partial charge in [0.2, 0.25) is 0 Å². The Kier molecular flexibility index (Phi) is 49.4. The van der Waals surface area contributed by atoms with Crippen molar-refractivity contribution in [3.05, 3.63) is 60.8 Å². The summed E-state index contributed by atoms with van der Waals surface area (Å²) >= 11 is 0. The Hall–Kier alpha value is -2.89. The number of ether oxygens (including phenoxy) is 3. The van der Waals surface area contributed by atoms with Gasteiger partial charge in [-0.25, -0.2) is 0 Å². The number of carbonyl (C=O) groups excluding carboxylic acids is 3. The van der Waals surface area contributed by atoms with E-state index in [0.717, 1.165) is 96.3 Å². The van der Waals surface area contributed by atoms with E-state index in [2.05, 4.69) is 81.5 Å². The summed E-state index contributed by atoms with van der Waals surface area (Å²) in [6, 6.07) is 0. The summed E-state index contributed by atoms with van der Waals surface area (Å²) in [5.41, 5.74) is 0. The van der Waals surface area contributed by atoms with Crippen LogP contribution in [0.4, 0.5) is 0 Å². The molecular formula is C57H100O6. The van der Waals surface area contributed by atoms with E-state index >= 15 is 0 Å². The highest BCUT2D eigenvalue weighted by molar-refractivity contribution is 5.71. The lowest BCUT2D eigenvalue weighted by Gasteiger charge is -2.18. The highest BCUT2D eigenvalue weighted by Gasteiger charge is 2.19. The molecule has 0 aliphatic rings. The van der Waals surface area contributed by atoms with Gasteiger partial charge in [0, 0.05) is 19.3 Å². The van der Waals surface area contributed by atoms with Gasteiger partial charge in [-0.05, 0) is 103 Å². The van der Waals surface area contributed by atoms with Gasteiger partial charge < -0.3 is 14.2 Å². The van der Waals surface area contributed by atoms with Crippen LogP contribution in [0.2, 0.25) is 0 Å². The smallest absolute Gasteiger partial charge is 0.306 e. The van der Waals surface area contributed by atoms with Gasteiger partial charge in [0.25, 0.3) is 0 Å². The molecule has 0 aliphatic carbocycles. The molecule has 0 saturated carbocycles. The number of rotatable bonds is 48. The number of unbranched alkanes of at least 4 members (excludes halogenated alkanes) is 27. The van der Waals surface area contributed by atoms with Gasteiger partial charge in [0.05, 0.1) is 0 Å². The van der Waals surface area contributed by atoms with Crippen molar-refractivity contribution < 1.29 is 28.6 Å². The Balaban J connectivity index is 4.36. The molecule has 0 rings (SSSR count). The molecule has 0 fully saturated rings. The van der Waals surface area contributed by atoms with Crippen LogP contribution in [0.5, 0.6) is 0 Å². The lowest BCUT2D eigenvalue weighted by Crippen LogP contribution is -2.30. The Labute approximate surface area is 390 Å². The number of allylic oxidation sites excluding steroid dienone is 10. The fraction of sp³-hybridized carbons (Fsp3) is 0.772. The first-order valence-electron chi connectivity index (χ1n) is 26.8. The SMILES string of the molecule is CCCC/C=C\CCCCCCCC(=O)OC(COC(=O)CCCCCCCCC/C=C\C/C=C\CCCCC)COC(=O)CCCCCCCCC/C=C\C/C=C\CCCCC. The van der Waals surface area contributed by atoms with E-state index in [-0.39, 0.29) is 31.1 Å². The van der Waals surface area contributed by atoms with Gasteiger partial charge in [-0.2, -0.15) is 0 Å². The van der Waals surface area contributed by atoms with E-state index in [1.165, 1.54) is 128 Å². The first-order chi connectivity index (χ1) is 31.0. The molecule has 0 aromatic carbocycles. The van der Waals surface area contributed by atoms with Crippen LogP contribution in [0.1, 0.15) is 265 Å². The predicted octanol–water partition coefficient (Wildman–Crippen LogP) is 17.6. The monoisotopic (exact) mass is 881 g/mol. The summed E-state index contributed by atoms with van der Waals surface area (Å²) in [7, 11) is 0. The van der Waals surface area contributed by atoms with Crippen LogP contribution >= 0.6 is 0 Å². The zero-order valence-electron chi connectivity index (χ0n) is 41.6. The first kappa shape index (κ1) is 60.1. The van der Waals surface area contributed by atoms with Gasteiger partial charge in [0.1, 0.15) is 13.2 Å². The third-order valence-electron chi connectivity index (χ3n) is 11.5. The van der Waals surface area contributed by atoms with Gasteiger partial charge in [-0.15, -0.1) is 0 Å². The van der Waals surface area contributed by atoms with Gasteiger partial charge in [-0.1, -0.05) is 204 Å². The van der Waals surface area contributed by atoms with E-state index in [9.17, 15) is 14.4 Å². The topological polar surface area (TPSA) is 78.9 Å². The van der Waals surface area contributed by atoms with Crippen molar-refractivity contribution in [2.24, 2.45) is 0 Å². The van der Waals surface area contributed by atoms with E-state index in [0.29, 0.717) is 19.3 Å². The second kappa shape index (κ2) is 51.7. The minimum absolute atomic E-state index is 0.0840. The second-order valence-corrected chi connectivity index (χ2v) is 17.8. The van der Waals surface area contributed by atoms with Gasteiger partial charge >= 0.3 is 17.9 Å². The lowest BCUT2D eigenvalue weighted by molar-refractivity contribution is -0.167. The number of hydrogen-bond donors (Lipinski definition) is 0. The van der Waals surface area contributed by atoms with E-state index in [4.69, 9.17) is 14.2 Å². The Morgan fingerprint density at radius 2 is 0.587 bits per heavy atom. The molecule has 0 heterocycles. The van der Waals surface area contributed by atoms with Gasteiger partial charge in [0.15, 0.2) is 6.10 Å². The van der Waals surface area contributed by atoms with E-state index in [1.54, 1.807) is 0 Å². The van der Waals surface area contributed by atoms with Crippen LogP contribution < -0.4 is 0 Å². The largest absolute Gasteiger partial charge is 0.462 e. The highest BCUT2D eigenvalue weighted by Crippen LogP contribution is 2.14. The molecule has 63 heavy (non-hydrogen) atoms. The third-order valence-corrected chi connectivity index (χ3v) is 11.5.